The second kappa shape index (κ2) is 5.81. The van der Waals surface area contributed by atoms with Crippen LogP contribution in [-0.4, -0.2) is 21.2 Å². The molecule has 0 amide bonds. The average molecular weight is 362 g/mol. The first-order chi connectivity index (χ1) is 12.0. The first-order valence-electron chi connectivity index (χ1n) is 7.89. The van der Waals surface area contributed by atoms with Crippen molar-refractivity contribution < 1.29 is 13.5 Å². The fraction of sp³-hybridized carbons (Fsp3) is 0.222. The van der Waals surface area contributed by atoms with E-state index in [1.807, 2.05) is 19.9 Å². The van der Waals surface area contributed by atoms with Gasteiger partial charge in [0.25, 0.3) is 0 Å². The molecule has 25 heavy (non-hydrogen) atoms. The molecule has 0 fully saturated rings. The Hall–Kier alpha value is -2.47. The summed E-state index contributed by atoms with van der Waals surface area (Å²) in [7, 11) is 0. The van der Waals surface area contributed by atoms with Crippen molar-refractivity contribution in [3.05, 3.63) is 58.5 Å². The lowest BCUT2D eigenvalue weighted by Crippen LogP contribution is -2.04. The second-order valence-electron chi connectivity index (χ2n) is 5.81. The van der Waals surface area contributed by atoms with E-state index in [9.17, 15) is 8.78 Å². The number of hydrogen-bond acceptors (Lipinski definition) is 3. The number of aromatic nitrogens is 3. The second-order valence-corrected chi connectivity index (χ2v) is 6.17. The summed E-state index contributed by atoms with van der Waals surface area (Å²) < 4.78 is 35.1. The molecule has 0 N–H and O–H groups in total. The number of nitrogens with zero attached hydrogens (tertiary/aromatic N) is 3. The Morgan fingerprint density at radius 2 is 2.08 bits per heavy atom. The van der Waals surface area contributed by atoms with Crippen LogP contribution < -0.4 is 0 Å². The van der Waals surface area contributed by atoms with Gasteiger partial charge in [0.05, 0.1) is 23.4 Å². The van der Waals surface area contributed by atoms with Crippen LogP contribution in [0.3, 0.4) is 0 Å². The summed E-state index contributed by atoms with van der Waals surface area (Å²) in [6, 6.07) is 3.95. The van der Waals surface area contributed by atoms with Crippen LogP contribution in [0.25, 0.3) is 22.5 Å². The minimum atomic E-state index is -0.970. The van der Waals surface area contributed by atoms with Crippen molar-refractivity contribution in [3.63, 3.8) is 0 Å². The van der Waals surface area contributed by atoms with Gasteiger partial charge in [-0.25, -0.2) is 18.3 Å². The quantitative estimate of drug-likeness (QED) is 0.671. The summed E-state index contributed by atoms with van der Waals surface area (Å²) in [5.74, 6) is -1.14. The van der Waals surface area contributed by atoms with E-state index >= 15 is 0 Å². The summed E-state index contributed by atoms with van der Waals surface area (Å²) in [4.78, 5) is 4.39. The van der Waals surface area contributed by atoms with Crippen molar-refractivity contribution in [1.82, 2.24) is 14.6 Å². The molecule has 0 saturated heterocycles. The SMILES string of the molecule is CCOC1=CC(C)c2c1cnc1c(-c3cccc(F)c3F)c(Cl)nn21. The third kappa shape index (κ3) is 2.32. The topological polar surface area (TPSA) is 39.4 Å². The van der Waals surface area contributed by atoms with Crippen LogP contribution in [0.1, 0.15) is 31.0 Å². The zero-order valence-corrected chi connectivity index (χ0v) is 14.3. The molecule has 0 bridgehead atoms. The highest BCUT2D eigenvalue weighted by Gasteiger charge is 2.28. The molecule has 1 aromatic carbocycles. The van der Waals surface area contributed by atoms with Crippen molar-refractivity contribution in [1.29, 1.82) is 0 Å². The fourth-order valence-corrected chi connectivity index (χ4v) is 3.47. The van der Waals surface area contributed by atoms with E-state index in [-0.39, 0.29) is 22.2 Å². The highest BCUT2D eigenvalue weighted by atomic mass is 35.5. The van der Waals surface area contributed by atoms with Gasteiger partial charge in [-0.2, -0.15) is 5.10 Å². The molecule has 4 rings (SSSR count). The first kappa shape index (κ1) is 16.0. The Morgan fingerprint density at radius 3 is 2.84 bits per heavy atom. The van der Waals surface area contributed by atoms with Crippen molar-refractivity contribution in [2.75, 3.05) is 6.61 Å². The van der Waals surface area contributed by atoms with Crippen molar-refractivity contribution in [3.8, 4) is 11.1 Å². The van der Waals surface area contributed by atoms with E-state index in [1.165, 1.54) is 12.1 Å². The third-order valence-electron chi connectivity index (χ3n) is 4.26. The number of ether oxygens (including phenoxy) is 1. The summed E-state index contributed by atoms with van der Waals surface area (Å²) in [6.45, 7) is 4.45. The van der Waals surface area contributed by atoms with Gasteiger partial charge >= 0.3 is 0 Å². The first-order valence-corrected chi connectivity index (χ1v) is 8.27. The molecule has 3 aromatic rings. The van der Waals surface area contributed by atoms with Gasteiger partial charge in [0, 0.05) is 17.7 Å². The molecule has 1 unspecified atom stereocenters. The Bertz CT molecular complexity index is 1030. The van der Waals surface area contributed by atoms with Gasteiger partial charge in [-0.1, -0.05) is 30.7 Å². The predicted molar refractivity (Wildman–Crippen MR) is 91.4 cm³/mol. The average Bonchev–Trinajstić information content (AvgIpc) is 3.07. The monoisotopic (exact) mass is 361 g/mol. The molecule has 0 radical (unpaired) electrons. The third-order valence-corrected chi connectivity index (χ3v) is 4.52. The summed E-state index contributed by atoms with van der Waals surface area (Å²) >= 11 is 6.26. The lowest BCUT2D eigenvalue weighted by atomic mass is 10.1. The summed E-state index contributed by atoms with van der Waals surface area (Å²) in [6.07, 6.45) is 3.64. The van der Waals surface area contributed by atoms with Crippen LogP contribution in [0.2, 0.25) is 5.15 Å². The molecule has 1 aliphatic rings. The molecule has 0 aliphatic heterocycles. The number of rotatable bonds is 3. The Balaban J connectivity index is 1.98. The molecule has 1 atom stereocenters. The normalized spacial score (nSPS) is 16.2. The van der Waals surface area contributed by atoms with Gasteiger partial charge in [-0.15, -0.1) is 0 Å². The molecule has 7 heteroatoms. The van der Waals surface area contributed by atoms with E-state index < -0.39 is 11.6 Å². The van der Waals surface area contributed by atoms with Gasteiger partial charge in [-0.3, -0.25) is 0 Å². The molecule has 4 nitrogen and oxygen atoms in total. The molecule has 1 aliphatic carbocycles. The van der Waals surface area contributed by atoms with Crippen LogP contribution >= 0.6 is 11.6 Å². The van der Waals surface area contributed by atoms with E-state index in [4.69, 9.17) is 16.3 Å². The largest absolute Gasteiger partial charge is 0.493 e. The van der Waals surface area contributed by atoms with Gasteiger partial charge in [-0.05, 0) is 19.1 Å². The summed E-state index contributed by atoms with van der Waals surface area (Å²) in [5.41, 5.74) is 2.38. The highest BCUT2D eigenvalue weighted by molar-refractivity contribution is 6.33. The number of hydrogen-bond donors (Lipinski definition) is 0. The van der Waals surface area contributed by atoms with Crippen LogP contribution in [0.5, 0.6) is 0 Å². The van der Waals surface area contributed by atoms with E-state index in [0.29, 0.717) is 12.3 Å². The molecular formula is C18H14ClF2N3O. The van der Waals surface area contributed by atoms with Crippen molar-refractivity contribution >= 4 is 23.0 Å². The van der Waals surface area contributed by atoms with Crippen LogP contribution in [0.15, 0.2) is 30.5 Å². The Kier molecular flexibility index (Phi) is 3.72. The zero-order valence-electron chi connectivity index (χ0n) is 13.6. The van der Waals surface area contributed by atoms with Crippen molar-refractivity contribution in [2.24, 2.45) is 0 Å². The molecule has 128 valence electrons. The number of benzene rings is 1. The highest BCUT2D eigenvalue weighted by Crippen LogP contribution is 2.40. The maximum atomic E-state index is 14.3. The smallest absolute Gasteiger partial charge is 0.166 e. The molecule has 2 heterocycles. The van der Waals surface area contributed by atoms with Crippen LogP contribution in [0, 0.1) is 11.6 Å². The zero-order chi connectivity index (χ0) is 17.7. The maximum absolute atomic E-state index is 14.3. The number of halogens is 3. The lowest BCUT2D eigenvalue weighted by molar-refractivity contribution is 0.298. The minimum absolute atomic E-state index is 0.0308. The van der Waals surface area contributed by atoms with Crippen molar-refractivity contribution in [2.45, 2.75) is 19.8 Å². The molecular weight excluding hydrogens is 348 g/mol. The fourth-order valence-electron chi connectivity index (χ4n) is 3.21. The molecule has 0 saturated carbocycles. The summed E-state index contributed by atoms with van der Waals surface area (Å²) in [5, 5.41) is 4.39. The van der Waals surface area contributed by atoms with Gasteiger partial charge < -0.3 is 4.74 Å². The minimum Gasteiger partial charge on any atom is -0.493 e. The molecule has 0 spiro atoms. The van der Waals surface area contributed by atoms with Crippen LogP contribution in [-0.2, 0) is 4.74 Å². The van der Waals surface area contributed by atoms with E-state index in [2.05, 4.69) is 10.1 Å². The predicted octanol–water partition coefficient (Wildman–Crippen LogP) is 4.82. The van der Waals surface area contributed by atoms with E-state index in [0.717, 1.165) is 23.1 Å². The molecule has 2 aromatic heterocycles. The van der Waals surface area contributed by atoms with Gasteiger partial charge in [0.15, 0.2) is 22.4 Å². The maximum Gasteiger partial charge on any atom is 0.166 e. The Morgan fingerprint density at radius 1 is 1.28 bits per heavy atom. The van der Waals surface area contributed by atoms with E-state index in [1.54, 1.807) is 10.7 Å². The number of fused-ring (bicyclic) bond motifs is 3. The van der Waals surface area contributed by atoms with Gasteiger partial charge in [0.2, 0.25) is 0 Å². The Labute approximate surface area is 147 Å². The standard InChI is InChI=1S/C18H14ClF2N3O/c1-3-25-13-7-9(2)16-11(13)8-22-18-14(17(19)23-24(16)18)10-5-4-6-12(20)15(10)21/h4-9H,3H2,1-2H3. The lowest BCUT2D eigenvalue weighted by Gasteiger charge is -2.09. The van der Waals surface area contributed by atoms with Crippen LogP contribution in [0.4, 0.5) is 8.78 Å². The number of allylic oxidation sites excluding steroid dienone is 1. The van der Waals surface area contributed by atoms with Gasteiger partial charge in [0.1, 0.15) is 5.76 Å².